The van der Waals surface area contributed by atoms with Crippen LogP contribution >= 0.6 is 0 Å². The molecule has 2 aromatic carbocycles. The van der Waals surface area contributed by atoms with Crippen molar-refractivity contribution in [1.82, 2.24) is 0 Å². The van der Waals surface area contributed by atoms with E-state index in [1.165, 1.54) is 0 Å². The Labute approximate surface area is 101 Å². The molecule has 2 rings (SSSR count). The van der Waals surface area contributed by atoms with E-state index >= 15 is 0 Å². The van der Waals surface area contributed by atoms with Crippen molar-refractivity contribution in [2.45, 2.75) is 0 Å². The lowest BCUT2D eigenvalue weighted by molar-refractivity contribution is 0.368. The highest BCUT2D eigenvalue weighted by Crippen LogP contribution is 2.38. The van der Waals surface area contributed by atoms with Crippen LogP contribution < -0.4 is 5.32 Å². The predicted molar refractivity (Wildman–Crippen MR) is 61.1 cm³/mol. The summed E-state index contributed by atoms with van der Waals surface area (Å²) in [6.07, 6.45) is 0. The summed E-state index contributed by atoms with van der Waals surface area (Å²) < 4.78 is 25.9. The van der Waals surface area contributed by atoms with E-state index in [2.05, 4.69) is 5.32 Å². The molecule has 0 aromatic heterocycles. The highest BCUT2D eigenvalue weighted by atomic mass is 19.1. The van der Waals surface area contributed by atoms with Gasteiger partial charge < -0.3 is 20.6 Å². The number of phenols is 3. The fourth-order valence-electron chi connectivity index (χ4n) is 1.47. The van der Waals surface area contributed by atoms with Crippen molar-refractivity contribution in [2.75, 3.05) is 5.32 Å². The van der Waals surface area contributed by atoms with Crippen LogP contribution in [0, 0.1) is 11.6 Å². The number of hydrogen-bond acceptors (Lipinski definition) is 4. The van der Waals surface area contributed by atoms with E-state index in [1.807, 2.05) is 0 Å². The highest BCUT2D eigenvalue weighted by Gasteiger charge is 2.09. The second-order valence-electron chi connectivity index (χ2n) is 3.65. The first-order valence-electron chi connectivity index (χ1n) is 4.94. The fourth-order valence-corrected chi connectivity index (χ4v) is 1.47. The Bertz CT molecular complexity index is 559. The van der Waals surface area contributed by atoms with Crippen molar-refractivity contribution in [3.05, 3.63) is 42.0 Å². The lowest BCUT2D eigenvalue weighted by Gasteiger charge is -2.09. The molecule has 0 bridgehead atoms. The summed E-state index contributed by atoms with van der Waals surface area (Å²) in [6.45, 7) is 0. The third kappa shape index (κ3) is 2.42. The number of halogens is 2. The van der Waals surface area contributed by atoms with Crippen LogP contribution in [0.25, 0.3) is 0 Å². The topological polar surface area (TPSA) is 72.7 Å². The van der Waals surface area contributed by atoms with Crippen LogP contribution in [0.2, 0.25) is 0 Å². The summed E-state index contributed by atoms with van der Waals surface area (Å²) in [7, 11) is 0. The molecule has 0 amide bonds. The SMILES string of the molecule is Oc1cc(Nc2cc(F)cc(F)c2)cc(O)c1O. The van der Waals surface area contributed by atoms with Gasteiger partial charge in [0.1, 0.15) is 11.6 Å². The van der Waals surface area contributed by atoms with Gasteiger partial charge in [0, 0.05) is 29.6 Å². The second kappa shape index (κ2) is 4.40. The molecule has 0 aliphatic carbocycles. The molecule has 0 heterocycles. The molecule has 0 spiro atoms. The van der Waals surface area contributed by atoms with Crippen LogP contribution in [0.4, 0.5) is 20.2 Å². The third-order valence-electron chi connectivity index (χ3n) is 2.22. The van der Waals surface area contributed by atoms with Gasteiger partial charge >= 0.3 is 0 Å². The maximum Gasteiger partial charge on any atom is 0.200 e. The number of anilines is 2. The fraction of sp³-hybridized carbons (Fsp3) is 0. The minimum Gasteiger partial charge on any atom is -0.504 e. The largest absolute Gasteiger partial charge is 0.504 e. The number of benzene rings is 2. The van der Waals surface area contributed by atoms with Crippen molar-refractivity contribution < 1.29 is 24.1 Å². The summed E-state index contributed by atoms with van der Waals surface area (Å²) >= 11 is 0. The molecule has 2 aromatic rings. The molecule has 4 N–H and O–H groups in total. The first-order chi connectivity index (χ1) is 8.45. The molecule has 0 saturated heterocycles. The van der Waals surface area contributed by atoms with Crippen molar-refractivity contribution in [3.8, 4) is 17.2 Å². The molecule has 0 unspecified atom stereocenters. The zero-order chi connectivity index (χ0) is 13.3. The summed E-state index contributed by atoms with van der Waals surface area (Å²) in [5.41, 5.74) is 0.282. The number of rotatable bonds is 2. The van der Waals surface area contributed by atoms with Gasteiger partial charge in [-0.15, -0.1) is 0 Å². The van der Waals surface area contributed by atoms with Crippen LogP contribution in [0.1, 0.15) is 0 Å². The van der Waals surface area contributed by atoms with E-state index in [0.717, 1.165) is 30.3 Å². The number of phenolic OH excluding ortho intramolecular Hbond substituents is 3. The van der Waals surface area contributed by atoms with E-state index in [4.69, 9.17) is 5.11 Å². The summed E-state index contributed by atoms with van der Waals surface area (Å²) in [5.74, 6) is -3.27. The molecule has 0 radical (unpaired) electrons. The number of hydrogen-bond donors (Lipinski definition) is 4. The molecular formula is C12H9F2NO3. The van der Waals surface area contributed by atoms with E-state index in [0.29, 0.717) is 0 Å². The second-order valence-corrected chi connectivity index (χ2v) is 3.65. The summed E-state index contributed by atoms with van der Waals surface area (Å²) in [5, 5.41) is 30.3. The lowest BCUT2D eigenvalue weighted by atomic mass is 10.2. The Morgan fingerprint density at radius 2 is 1.17 bits per heavy atom. The van der Waals surface area contributed by atoms with E-state index in [9.17, 15) is 19.0 Å². The van der Waals surface area contributed by atoms with Gasteiger partial charge in [0.15, 0.2) is 17.2 Å². The lowest BCUT2D eigenvalue weighted by Crippen LogP contribution is -1.92. The Morgan fingerprint density at radius 1 is 0.722 bits per heavy atom. The molecular weight excluding hydrogens is 244 g/mol. The van der Waals surface area contributed by atoms with Crippen LogP contribution in [0.5, 0.6) is 17.2 Å². The number of aromatic hydroxyl groups is 3. The minimum atomic E-state index is -0.760. The van der Waals surface area contributed by atoms with Gasteiger partial charge in [0.2, 0.25) is 0 Å². The number of nitrogens with one attached hydrogen (secondary N) is 1. The third-order valence-corrected chi connectivity index (χ3v) is 2.22. The molecule has 0 fully saturated rings. The molecule has 94 valence electrons. The van der Waals surface area contributed by atoms with Gasteiger partial charge in [-0.3, -0.25) is 0 Å². The van der Waals surface area contributed by atoms with Gasteiger partial charge in [-0.2, -0.15) is 0 Å². The normalized spacial score (nSPS) is 10.3. The van der Waals surface area contributed by atoms with Gasteiger partial charge in [0.25, 0.3) is 0 Å². The zero-order valence-electron chi connectivity index (χ0n) is 8.98. The average molecular weight is 253 g/mol. The predicted octanol–water partition coefficient (Wildman–Crippen LogP) is 2.83. The Balaban J connectivity index is 2.34. The van der Waals surface area contributed by atoms with Gasteiger partial charge in [-0.25, -0.2) is 8.78 Å². The maximum absolute atomic E-state index is 12.9. The van der Waals surface area contributed by atoms with Gasteiger partial charge in [0.05, 0.1) is 0 Å². The van der Waals surface area contributed by atoms with E-state index in [1.54, 1.807) is 0 Å². The van der Waals surface area contributed by atoms with Crippen LogP contribution in [0.15, 0.2) is 30.3 Å². The van der Waals surface area contributed by atoms with E-state index in [-0.39, 0.29) is 11.4 Å². The molecule has 6 heteroatoms. The maximum atomic E-state index is 12.9. The van der Waals surface area contributed by atoms with Crippen molar-refractivity contribution in [1.29, 1.82) is 0 Å². The molecule has 0 saturated carbocycles. The molecule has 4 nitrogen and oxygen atoms in total. The Morgan fingerprint density at radius 3 is 1.67 bits per heavy atom. The van der Waals surface area contributed by atoms with Crippen LogP contribution in [-0.2, 0) is 0 Å². The zero-order valence-corrected chi connectivity index (χ0v) is 8.98. The van der Waals surface area contributed by atoms with Crippen LogP contribution in [-0.4, -0.2) is 15.3 Å². The van der Waals surface area contributed by atoms with Crippen molar-refractivity contribution >= 4 is 11.4 Å². The quantitative estimate of drug-likeness (QED) is 0.490. The monoisotopic (exact) mass is 253 g/mol. The molecule has 0 aliphatic rings. The average Bonchev–Trinajstić information content (AvgIpc) is 2.24. The molecule has 0 atom stereocenters. The van der Waals surface area contributed by atoms with Gasteiger partial charge in [-0.1, -0.05) is 0 Å². The first kappa shape index (κ1) is 12.0. The van der Waals surface area contributed by atoms with Crippen molar-refractivity contribution in [3.63, 3.8) is 0 Å². The smallest absolute Gasteiger partial charge is 0.200 e. The summed E-state index contributed by atoms with van der Waals surface area (Å²) in [6, 6.07) is 5.03. The molecule has 0 aliphatic heterocycles. The Hall–Kier alpha value is -2.50. The summed E-state index contributed by atoms with van der Waals surface area (Å²) in [4.78, 5) is 0. The van der Waals surface area contributed by atoms with Gasteiger partial charge in [-0.05, 0) is 12.1 Å². The standard InChI is InChI=1S/C12H9F2NO3/c13-6-1-7(14)3-8(2-6)15-9-4-10(16)12(18)11(17)5-9/h1-5,15-18H. The van der Waals surface area contributed by atoms with Crippen molar-refractivity contribution in [2.24, 2.45) is 0 Å². The van der Waals surface area contributed by atoms with Crippen LogP contribution in [0.3, 0.4) is 0 Å². The minimum absolute atomic E-state index is 0.108. The Kier molecular flexibility index (Phi) is 2.93. The highest BCUT2D eigenvalue weighted by molar-refractivity contribution is 5.66. The molecule has 18 heavy (non-hydrogen) atoms. The van der Waals surface area contributed by atoms with E-state index < -0.39 is 28.9 Å². The first-order valence-corrected chi connectivity index (χ1v) is 4.94.